The van der Waals surface area contributed by atoms with Crippen molar-refractivity contribution >= 4 is 58.3 Å². The first-order chi connectivity index (χ1) is 4.91. The average Bonchev–Trinajstić information content (AvgIpc) is 1.97. The topological polar surface area (TPSA) is 0 Å². The van der Waals surface area contributed by atoms with Crippen molar-refractivity contribution in [3.8, 4) is 0 Å². The van der Waals surface area contributed by atoms with Crippen LogP contribution in [0.15, 0.2) is 0 Å². The maximum atomic E-state index is 5.22. The van der Waals surface area contributed by atoms with Gasteiger partial charge in [0.05, 0.1) is 22.2 Å². The lowest BCUT2D eigenvalue weighted by molar-refractivity contribution is 2.04. The van der Waals surface area contributed by atoms with Gasteiger partial charge < -0.3 is 0 Å². The monoisotopic (exact) mass is 116 g/mol. The van der Waals surface area contributed by atoms with E-state index in [0.29, 0.717) is 6.22 Å². The lowest BCUT2D eigenvalue weighted by atomic mass is 9.02. The molecule has 0 aliphatic rings. The van der Waals surface area contributed by atoms with Crippen LogP contribution in [0, 0.1) is 0 Å². The van der Waals surface area contributed by atoms with Gasteiger partial charge in [-0.3, -0.25) is 0 Å². The first kappa shape index (κ1) is 10.5. The van der Waals surface area contributed by atoms with Gasteiger partial charge in [0.15, 0.2) is 0 Å². The maximum Gasteiger partial charge on any atom is 0.0534 e. The molecule has 0 aliphatic carbocycles. The first-order valence-electron chi connectivity index (χ1n) is 3.30. The normalized spacial score (nSPS) is 7.60. The van der Waals surface area contributed by atoms with Crippen molar-refractivity contribution in [2.45, 2.75) is 12.4 Å². The molecule has 0 atom stereocenters. The van der Waals surface area contributed by atoms with Crippen LogP contribution in [0.2, 0.25) is 12.4 Å². The lowest BCUT2D eigenvalue weighted by Gasteiger charge is -1.92. The van der Waals surface area contributed by atoms with Gasteiger partial charge in [-0.15, -0.1) is 12.4 Å². The summed E-state index contributed by atoms with van der Waals surface area (Å²) >= 11 is 0. The van der Waals surface area contributed by atoms with Crippen molar-refractivity contribution < 1.29 is 0 Å². The summed E-state index contributed by atoms with van der Waals surface area (Å²) in [6, 6.07) is 0. The minimum absolute atomic E-state index is 0.612. The molecule has 0 aromatic carbocycles. The second-order valence-electron chi connectivity index (χ2n) is 1.76. The Morgan fingerprint density at radius 1 is 1.00 bits per heavy atom. The van der Waals surface area contributed by atoms with E-state index >= 15 is 0 Å². The molecule has 0 nitrogen and oxygen atoms in total. The second-order valence-corrected chi connectivity index (χ2v) is 1.76. The molecule has 0 bridgehead atoms. The molecule has 0 aromatic rings. The molecule has 10 heavy (non-hydrogen) atoms. The van der Waals surface area contributed by atoms with Crippen molar-refractivity contribution in [1.82, 2.24) is 0 Å². The molecule has 0 heterocycles. The third kappa shape index (κ3) is 8.52. The third-order valence-electron chi connectivity index (χ3n) is 0.933. The molecular weight excluding hydrogens is 111 g/mol. The van der Waals surface area contributed by atoms with Gasteiger partial charge in [0.1, 0.15) is 0 Å². The summed E-state index contributed by atoms with van der Waals surface area (Å²) in [6.07, 6.45) is 1.53. The smallest absolute Gasteiger partial charge is 0.0534 e. The summed E-state index contributed by atoms with van der Waals surface area (Å²) in [7, 11) is 21.5. The Hall–Kier alpha value is 0.519. The van der Waals surface area contributed by atoms with Crippen molar-refractivity contribution in [1.29, 1.82) is 0 Å². The molecule has 0 saturated heterocycles. The van der Waals surface area contributed by atoms with E-state index in [4.69, 9.17) is 15.6 Å². The van der Waals surface area contributed by atoms with Crippen LogP contribution >= 0.6 is 0 Å². The Kier molecular flexibility index (Phi) is 10.0. The summed E-state index contributed by atoms with van der Waals surface area (Å²) in [5.74, 6) is 0. The largest absolute Gasteiger partial charge is 0.122 e. The highest BCUT2D eigenvalue weighted by atomic mass is 13.2. The number of hydrogen-bond acceptors (Lipinski definition) is 0. The Balaban J connectivity index is 2.65. The van der Waals surface area contributed by atoms with E-state index in [1.807, 2.05) is 28.6 Å². The highest BCUT2D eigenvalue weighted by Gasteiger charge is 1.92. The van der Waals surface area contributed by atoms with Crippen LogP contribution < -0.4 is 0 Å². The molecule has 0 amide bonds. The summed E-state index contributed by atoms with van der Waals surface area (Å²) in [6.45, 7) is 0. The van der Waals surface area contributed by atoms with Crippen molar-refractivity contribution in [2.24, 2.45) is 0 Å². The minimum Gasteiger partial charge on any atom is -0.122 e. The second kappa shape index (κ2) is 9.52. The number of rotatable bonds is 7. The SMILES string of the molecule is [B][B][B][B][B]C[B][B]C[B]. The molecule has 36 valence electrons. The zero-order valence-electron chi connectivity index (χ0n) is 6.03. The highest BCUT2D eigenvalue weighted by molar-refractivity contribution is 7.51. The van der Waals surface area contributed by atoms with Gasteiger partial charge in [0.2, 0.25) is 0 Å². The van der Waals surface area contributed by atoms with E-state index in [9.17, 15) is 0 Å². The van der Waals surface area contributed by atoms with E-state index in [-0.39, 0.29) is 0 Å². The predicted octanol–water partition coefficient (Wildman–Crippen LogP) is -2.12. The molecule has 0 spiro atoms. The fourth-order valence-electron chi connectivity index (χ4n) is 0.492. The van der Waals surface area contributed by atoms with Crippen LogP contribution in [0.3, 0.4) is 0 Å². The molecule has 0 fully saturated rings. The zero-order valence-corrected chi connectivity index (χ0v) is 6.03. The van der Waals surface area contributed by atoms with Crippen molar-refractivity contribution in [3.63, 3.8) is 0 Å². The average molecular weight is 115 g/mol. The summed E-state index contributed by atoms with van der Waals surface area (Å²) in [5.41, 5.74) is 0. The van der Waals surface area contributed by atoms with E-state index in [2.05, 4.69) is 0 Å². The molecule has 10 radical (unpaired) electrons. The zero-order chi connectivity index (χ0) is 7.66. The fraction of sp³-hybridized carbons (Fsp3) is 1.00. The third-order valence-corrected chi connectivity index (χ3v) is 0.933. The molecule has 0 aromatic heterocycles. The van der Waals surface area contributed by atoms with Crippen molar-refractivity contribution in [3.05, 3.63) is 0 Å². The van der Waals surface area contributed by atoms with Crippen molar-refractivity contribution in [2.75, 3.05) is 0 Å². The Morgan fingerprint density at radius 3 is 2.40 bits per heavy atom. The molecule has 0 rings (SSSR count). The highest BCUT2D eigenvalue weighted by Crippen LogP contribution is 1.73. The molecule has 0 unspecified atom stereocenters. The Morgan fingerprint density at radius 2 is 1.80 bits per heavy atom. The van der Waals surface area contributed by atoms with Crippen LogP contribution in [-0.4, -0.2) is 58.3 Å². The van der Waals surface area contributed by atoms with E-state index < -0.39 is 0 Å². The van der Waals surface area contributed by atoms with Gasteiger partial charge in [-0.25, -0.2) is 0 Å². The maximum absolute atomic E-state index is 5.22. The van der Waals surface area contributed by atoms with Gasteiger partial charge in [0.25, 0.3) is 0 Å². The first-order valence-corrected chi connectivity index (χ1v) is 3.30. The van der Waals surface area contributed by atoms with Gasteiger partial charge in [-0.1, -0.05) is 0 Å². The van der Waals surface area contributed by atoms with Gasteiger partial charge in [-0.05, 0) is 0 Å². The summed E-state index contributed by atoms with van der Waals surface area (Å²) < 4.78 is 0. The molecule has 8 heteroatoms. The quantitative estimate of drug-likeness (QED) is 0.262. The Labute approximate surface area is 71.2 Å². The summed E-state index contributed by atoms with van der Waals surface area (Å²) in [5, 5.41) is 0. The van der Waals surface area contributed by atoms with E-state index in [1.165, 1.54) is 7.06 Å². The molecule has 0 saturated carbocycles. The molecule has 0 N–H and O–H groups in total. The van der Waals surface area contributed by atoms with E-state index in [0.717, 1.165) is 6.22 Å². The number of hydrogen-bond donors (Lipinski definition) is 0. The van der Waals surface area contributed by atoms with Gasteiger partial charge in [0, 0.05) is 36.1 Å². The van der Waals surface area contributed by atoms with Crippen LogP contribution in [0.1, 0.15) is 0 Å². The van der Waals surface area contributed by atoms with Crippen LogP contribution in [0.25, 0.3) is 0 Å². The standard InChI is InChI=1S/C2H4B8/c3-1-5-6-2-7-9-10-8-4/h1-2H2. The summed E-state index contributed by atoms with van der Waals surface area (Å²) in [4.78, 5) is 0. The van der Waals surface area contributed by atoms with Crippen LogP contribution in [0.4, 0.5) is 0 Å². The van der Waals surface area contributed by atoms with Crippen LogP contribution in [0.5, 0.6) is 0 Å². The van der Waals surface area contributed by atoms with Gasteiger partial charge >= 0.3 is 0 Å². The Bertz CT molecular complexity index is 47.2. The predicted molar refractivity (Wildman–Crippen MR) is 55.6 cm³/mol. The molecular formula is C2H4B8. The van der Waals surface area contributed by atoms with Crippen LogP contribution in [-0.2, 0) is 0 Å². The van der Waals surface area contributed by atoms with Gasteiger partial charge in [-0.2, -0.15) is 0 Å². The van der Waals surface area contributed by atoms with E-state index in [1.54, 1.807) is 7.06 Å². The lowest BCUT2D eigenvalue weighted by Crippen LogP contribution is -2.21. The molecule has 0 aliphatic heterocycles. The minimum atomic E-state index is 0.612. The fourth-order valence-corrected chi connectivity index (χ4v) is 0.492.